The monoisotopic (exact) mass is 701 g/mol. The molecule has 2 bridgehead atoms. The number of carbonyl (C=O) groups excluding carboxylic acids is 3. The predicted molar refractivity (Wildman–Crippen MR) is 163 cm³/mol. The molecule has 5 rings (SSSR count). The van der Waals surface area contributed by atoms with Gasteiger partial charge < -0.3 is 25.6 Å². The standard InChI is InChI=1S/C31H35ClF3N3O8S/c1-15(13-36-29(41)25-12-20(39)14-38(25)30(42)46-2)31(43)17-4-5-18(31)9-21(8-17)47(44,45)26-7-16(3-6-22(26)32)28(40)37-19-10-23(33)27(35)24(34)11-19/h3,6-7,10-11,15,17-18,20-21,25,39,43H,4-5,8-9,12-14H2,1-2H3,(H,36,41)(H,37,40)/t15?,17-,18+,20-,21?,25+,31?/m1/s1. The first-order valence-electron chi connectivity index (χ1n) is 15.1. The highest BCUT2D eigenvalue weighted by Crippen LogP contribution is 2.55. The molecule has 256 valence electrons. The van der Waals surface area contributed by atoms with E-state index in [0.717, 1.165) is 11.0 Å². The van der Waals surface area contributed by atoms with Gasteiger partial charge in [0.25, 0.3) is 5.91 Å². The molecule has 11 nitrogen and oxygen atoms in total. The molecule has 3 fully saturated rings. The summed E-state index contributed by atoms with van der Waals surface area (Å²) < 4.78 is 73.1. The van der Waals surface area contributed by atoms with Crippen LogP contribution in [0.5, 0.6) is 0 Å². The van der Waals surface area contributed by atoms with Gasteiger partial charge in [-0.3, -0.25) is 14.5 Å². The first-order chi connectivity index (χ1) is 22.1. The molecule has 0 spiro atoms. The second-order valence-corrected chi connectivity index (χ2v) is 15.1. The number of ether oxygens (including phenoxy) is 1. The van der Waals surface area contributed by atoms with Crippen LogP contribution in [0.25, 0.3) is 0 Å². The number of β-amino-alcohol motifs (C(OH)–C–C–N with tert-alkyl or cyclic N) is 1. The van der Waals surface area contributed by atoms with Crippen LogP contribution in [0.15, 0.2) is 35.2 Å². The number of halogens is 4. The van der Waals surface area contributed by atoms with Crippen molar-refractivity contribution in [2.24, 2.45) is 17.8 Å². The minimum atomic E-state index is -4.14. The van der Waals surface area contributed by atoms with E-state index in [2.05, 4.69) is 10.6 Å². The Morgan fingerprint density at radius 1 is 1.09 bits per heavy atom. The highest BCUT2D eigenvalue weighted by molar-refractivity contribution is 7.92. The molecule has 3 unspecified atom stereocenters. The number of nitrogens with zero attached hydrogens (tertiary/aromatic N) is 1. The molecular weight excluding hydrogens is 667 g/mol. The molecule has 7 atom stereocenters. The lowest BCUT2D eigenvalue weighted by molar-refractivity contribution is -0.127. The molecule has 47 heavy (non-hydrogen) atoms. The Bertz CT molecular complexity index is 1660. The first-order valence-corrected chi connectivity index (χ1v) is 17.0. The summed E-state index contributed by atoms with van der Waals surface area (Å²) >= 11 is 6.30. The minimum absolute atomic E-state index is 0.0408. The summed E-state index contributed by atoms with van der Waals surface area (Å²) in [5.41, 5.74) is -1.83. The zero-order chi connectivity index (χ0) is 34.4. The van der Waals surface area contributed by atoms with E-state index in [-0.39, 0.29) is 53.5 Å². The van der Waals surface area contributed by atoms with E-state index in [0.29, 0.717) is 25.0 Å². The quantitative estimate of drug-likeness (QED) is 0.303. The summed E-state index contributed by atoms with van der Waals surface area (Å²) in [6.45, 7) is 1.77. The van der Waals surface area contributed by atoms with Gasteiger partial charge in [-0.2, -0.15) is 0 Å². The molecule has 4 N–H and O–H groups in total. The Labute approximate surface area is 274 Å². The van der Waals surface area contributed by atoms with Crippen LogP contribution in [-0.2, 0) is 19.4 Å². The molecule has 0 radical (unpaired) electrons. The highest BCUT2D eigenvalue weighted by Gasteiger charge is 2.58. The Kier molecular flexibility index (Phi) is 9.84. The van der Waals surface area contributed by atoms with E-state index in [9.17, 15) is 46.2 Å². The Morgan fingerprint density at radius 2 is 1.70 bits per heavy atom. The molecule has 1 aliphatic heterocycles. The summed E-state index contributed by atoms with van der Waals surface area (Å²) in [6.07, 6.45) is -0.282. The van der Waals surface area contributed by atoms with Crippen LogP contribution in [0.4, 0.5) is 23.7 Å². The molecule has 2 aromatic carbocycles. The predicted octanol–water partition coefficient (Wildman–Crippen LogP) is 3.66. The molecule has 16 heteroatoms. The SMILES string of the molecule is COC(=O)N1C[C@H](O)C[C@H]1C(=O)NCC(C)C1(O)[C@@H]2CC[C@H]1CC(S(=O)(=O)c1cc(C(=O)Nc3cc(F)c(F)c(F)c3)ccc1Cl)C2. The summed E-state index contributed by atoms with van der Waals surface area (Å²) in [5, 5.41) is 25.8. The van der Waals surface area contributed by atoms with Crippen LogP contribution in [0, 0.1) is 35.2 Å². The molecule has 2 aliphatic carbocycles. The second-order valence-electron chi connectivity index (χ2n) is 12.5. The van der Waals surface area contributed by atoms with Crippen molar-refractivity contribution >= 4 is 45.0 Å². The van der Waals surface area contributed by atoms with Crippen LogP contribution in [0.1, 0.15) is 49.4 Å². The Hall–Kier alpha value is -3.40. The van der Waals surface area contributed by atoms with Crippen LogP contribution in [-0.4, -0.2) is 84.6 Å². The smallest absolute Gasteiger partial charge is 0.410 e. The maximum absolute atomic E-state index is 13.9. The van der Waals surface area contributed by atoms with Crippen molar-refractivity contribution < 1.29 is 50.9 Å². The molecular formula is C31H35ClF3N3O8S. The van der Waals surface area contributed by atoms with E-state index in [1.54, 1.807) is 6.92 Å². The maximum atomic E-state index is 13.9. The number of likely N-dealkylation sites (tertiary alicyclic amines) is 1. The van der Waals surface area contributed by atoms with Crippen molar-refractivity contribution in [2.45, 2.75) is 66.9 Å². The van der Waals surface area contributed by atoms with Gasteiger partial charge in [0.05, 0.1) is 40.5 Å². The van der Waals surface area contributed by atoms with Crippen molar-refractivity contribution in [3.05, 3.63) is 58.4 Å². The number of amides is 3. The van der Waals surface area contributed by atoms with E-state index in [1.807, 2.05) is 0 Å². The molecule has 3 amide bonds. The topological polar surface area (TPSA) is 162 Å². The molecule has 1 saturated heterocycles. The number of anilines is 1. The van der Waals surface area contributed by atoms with Gasteiger partial charge in [0, 0.05) is 42.3 Å². The van der Waals surface area contributed by atoms with Crippen molar-refractivity contribution in [3.63, 3.8) is 0 Å². The summed E-state index contributed by atoms with van der Waals surface area (Å²) in [5.74, 6) is -7.47. The van der Waals surface area contributed by atoms with Gasteiger partial charge >= 0.3 is 6.09 Å². The van der Waals surface area contributed by atoms with E-state index in [4.69, 9.17) is 16.3 Å². The average Bonchev–Trinajstić information content (AvgIpc) is 3.46. The van der Waals surface area contributed by atoms with Crippen molar-refractivity contribution in [1.82, 2.24) is 10.2 Å². The molecule has 0 aromatic heterocycles. The number of hydrogen-bond donors (Lipinski definition) is 4. The minimum Gasteiger partial charge on any atom is -0.453 e. The number of nitrogens with one attached hydrogen (secondary N) is 2. The van der Waals surface area contributed by atoms with Gasteiger partial charge in [-0.1, -0.05) is 18.5 Å². The van der Waals surface area contributed by atoms with Gasteiger partial charge in [0.15, 0.2) is 27.3 Å². The van der Waals surface area contributed by atoms with Gasteiger partial charge in [-0.15, -0.1) is 0 Å². The lowest BCUT2D eigenvalue weighted by atomic mass is 9.68. The fourth-order valence-corrected chi connectivity index (χ4v) is 9.79. The number of carbonyl (C=O) groups is 3. The van der Waals surface area contributed by atoms with Gasteiger partial charge in [0.1, 0.15) is 6.04 Å². The zero-order valence-electron chi connectivity index (χ0n) is 25.5. The summed E-state index contributed by atoms with van der Waals surface area (Å²) in [6, 6.07) is 3.78. The number of sulfone groups is 1. The molecule has 3 aliphatic rings. The lowest BCUT2D eigenvalue weighted by Gasteiger charge is -2.46. The largest absolute Gasteiger partial charge is 0.453 e. The van der Waals surface area contributed by atoms with E-state index >= 15 is 0 Å². The van der Waals surface area contributed by atoms with E-state index < -0.39 is 85.9 Å². The van der Waals surface area contributed by atoms with Crippen LogP contribution >= 0.6 is 11.6 Å². The van der Waals surface area contributed by atoms with Crippen LogP contribution in [0.2, 0.25) is 5.02 Å². The number of hydrogen-bond acceptors (Lipinski definition) is 8. The Balaban J connectivity index is 1.27. The average molecular weight is 702 g/mol. The fourth-order valence-electron chi connectivity index (χ4n) is 7.39. The summed E-state index contributed by atoms with van der Waals surface area (Å²) in [7, 11) is -2.96. The van der Waals surface area contributed by atoms with Gasteiger partial charge in [0.2, 0.25) is 5.91 Å². The number of aliphatic hydroxyl groups is 2. The van der Waals surface area contributed by atoms with Gasteiger partial charge in [-0.25, -0.2) is 26.4 Å². The molecule has 2 saturated carbocycles. The number of methoxy groups -OCH3 is 1. The zero-order valence-corrected chi connectivity index (χ0v) is 27.1. The van der Waals surface area contributed by atoms with Crippen LogP contribution in [0.3, 0.4) is 0 Å². The third kappa shape index (κ3) is 6.54. The number of rotatable bonds is 8. The molecule has 1 heterocycles. The lowest BCUT2D eigenvalue weighted by Crippen LogP contribution is -2.55. The molecule has 2 aromatic rings. The Morgan fingerprint density at radius 3 is 2.30 bits per heavy atom. The van der Waals surface area contributed by atoms with Crippen LogP contribution < -0.4 is 10.6 Å². The number of benzene rings is 2. The second kappa shape index (κ2) is 13.2. The third-order valence-corrected chi connectivity index (χ3v) is 12.5. The summed E-state index contributed by atoms with van der Waals surface area (Å²) in [4.78, 5) is 38.7. The third-order valence-electron chi connectivity index (χ3n) is 9.81. The number of aliphatic hydroxyl groups excluding tert-OH is 1. The number of fused-ring (bicyclic) bond motifs is 2. The normalized spacial score (nSPS) is 27.7. The van der Waals surface area contributed by atoms with E-state index in [1.165, 1.54) is 19.2 Å². The highest BCUT2D eigenvalue weighted by atomic mass is 35.5. The van der Waals surface area contributed by atoms with Gasteiger partial charge in [-0.05, 0) is 55.7 Å². The fraction of sp³-hybridized carbons (Fsp3) is 0.516. The first kappa shape index (κ1) is 34.9. The van der Waals surface area contributed by atoms with Crippen molar-refractivity contribution in [3.8, 4) is 0 Å². The van der Waals surface area contributed by atoms with Crippen molar-refractivity contribution in [1.29, 1.82) is 0 Å². The maximum Gasteiger partial charge on any atom is 0.410 e. The van der Waals surface area contributed by atoms with Crippen molar-refractivity contribution in [2.75, 3.05) is 25.5 Å².